The van der Waals surface area contributed by atoms with Crippen LogP contribution in [0.4, 0.5) is 5.69 Å². The summed E-state index contributed by atoms with van der Waals surface area (Å²) in [6, 6.07) is 22.1. The molecule has 170 valence electrons. The summed E-state index contributed by atoms with van der Waals surface area (Å²) in [6.45, 7) is 1.77. The van der Waals surface area contributed by atoms with Gasteiger partial charge in [0.05, 0.1) is 11.4 Å². The second-order valence-electron chi connectivity index (χ2n) is 7.56. The minimum absolute atomic E-state index is 0.218. The number of carbonyl (C=O) groups is 1. The minimum atomic E-state index is -1.94. The van der Waals surface area contributed by atoms with Gasteiger partial charge in [-0.2, -0.15) is 0 Å². The molecule has 1 heterocycles. The average Bonchev–Trinajstić information content (AvgIpc) is 3.01. The van der Waals surface area contributed by atoms with Gasteiger partial charge in [0.15, 0.2) is 0 Å². The van der Waals surface area contributed by atoms with E-state index in [1.54, 1.807) is 30.8 Å². The van der Waals surface area contributed by atoms with Crippen molar-refractivity contribution in [1.29, 1.82) is 0 Å². The van der Waals surface area contributed by atoms with Crippen molar-refractivity contribution in [3.05, 3.63) is 94.4 Å². The summed E-state index contributed by atoms with van der Waals surface area (Å²) in [6.07, 6.45) is -1.17. The van der Waals surface area contributed by atoms with Gasteiger partial charge in [0, 0.05) is 12.6 Å². The molecule has 0 spiro atoms. The molecular formula is C24H21Cl3N4O2. The first-order valence-corrected chi connectivity index (χ1v) is 11.3. The third-order valence-corrected chi connectivity index (χ3v) is 6.13. The zero-order valence-corrected chi connectivity index (χ0v) is 20.1. The maximum absolute atomic E-state index is 13.2. The second kappa shape index (κ2) is 9.14. The lowest BCUT2D eigenvalue weighted by Gasteiger charge is -2.27. The number of nitrogens with one attached hydrogen (secondary N) is 2. The number of benzene rings is 3. The van der Waals surface area contributed by atoms with Crippen LogP contribution < -0.4 is 16.2 Å². The summed E-state index contributed by atoms with van der Waals surface area (Å²) in [7, 11) is 1.76. The van der Waals surface area contributed by atoms with E-state index in [0.717, 1.165) is 10.8 Å². The Balaban J connectivity index is 1.69. The average molecular weight is 504 g/mol. The molecule has 0 saturated carbocycles. The summed E-state index contributed by atoms with van der Waals surface area (Å²) in [4.78, 5) is 26.4. The summed E-state index contributed by atoms with van der Waals surface area (Å²) in [5.74, 6) is -0.437. The van der Waals surface area contributed by atoms with Crippen LogP contribution in [0.5, 0.6) is 0 Å². The Morgan fingerprint density at radius 2 is 1.58 bits per heavy atom. The van der Waals surface area contributed by atoms with Crippen LogP contribution in [0.2, 0.25) is 0 Å². The fourth-order valence-corrected chi connectivity index (χ4v) is 4.04. The number of fused-ring (bicyclic) bond motifs is 1. The third-order valence-electron chi connectivity index (χ3n) is 5.48. The Kier molecular flexibility index (Phi) is 6.43. The number of nitrogens with zero attached hydrogens (tertiary/aromatic N) is 2. The number of aromatic nitrogens is 2. The molecule has 9 heteroatoms. The molecule has 1 amide bonds. The lowest BCUT2D eigenvalue weighted by molar-refractivity contribution is 0.0943. The van der Waals surface area contributed by atoms with Crippen molar-refractivity contribution in [3.63, 3.8) is 0 Å². The number of amides is 1. The van der Waals surface area contributed by atoms with Gasteiger partial charge in [0.2, 0.25) is 3.79 Å². The van der Waals surface area contributed by atoms with Crippen LogP contribution >= 0.6 is 34.8 Å². The number of hydrogen-bond acceptors (Lipinski definition) is 3. The maximum Gasteiger partial charge on any atom is 0.295 e. The fraction of sp³-hybridized carbons (Fsp3) is 0.167. The molecule has 1 aromatic heterocycles. The Labute approximate surface area is 205 Å². The highest BCUT2D eigenvalue weighted by atomic mass is 35.6. The quantitative estimate of drug-likeness (QED) is 0.291. The van der Waals surface area contributed by atoms with Crippen LogP contribution in [-0.4, -0.2) is 25.2 Å². The number of halogens is 3. The number of anilines is 1. The number of para-hydroxylation sites is 1. The first-order valence-electron chi connectivity index (χ1n) is 10.1. The van der Waals surface area contributed by atoms with E-state index in [9.17, 15) is 9.59 Å². The molecule has 0 fully saturated rings. The van der Waals surface area contributed by atoms with E-state index < -0.39 is 15.9 Å². The Bertz CT molecular complexity index is 1370. The van der Waals surface area contributed by atoms with E-state index in [1.807, 2.05) is 60.7 Å². The van der Waals surface area contributed by atoms with Crippen LogP contribution in [0.15, 0.2) is 77.6 Å². The lowest BCUT2D eigenvalue weighted by atomic mass is 10.0. The topological polar surface area (TPSA) is 68.1 Å². The monoisotopic (exact) mass is 502 g/mol. The van der Waals surface area contributed by atoms with Gasteiger partial charge < -0.3 is 10.6 Å². The zero-order chi connectivity index (χ0) is 23.8. The largest absolute Gasteiger partial charge is 0.356 e. The normalized spacial score (nSPS) is 12.5. The molecule has 0 bridgehead atoms. The van der Waals surface area contributed by atoms with Gasteiger partial charge in [-0.15, -0.1) is 0 Å². The third kappa shape index (κ3) is 4.60. The van der Waals surface area contributed by atoms with Crippen LogP contribution in [-0.2, 0) is 7.05 Å². The van der Waals surface area contributed by atoms with Crippen molar-refractivity contribution in [2.24, 2.45) is 7.05 Å². The molecule has 4 rings (SSSR count). The summed E-state index contributed by atoms with van der Waals surface area (Å²) in [5.41, 5.74) is 1.62. The molecule has 0 radical (unpaired) electrons. The number of rotatable bonds is 5. The van der Waals surface area contributed by atoms with Gasteiger partial charge in [0.25, 0.3) is 11.5 Å². The van der Waals surface area contributed by atoms with Crippen LogP contribution in [0.3, 0.4) is 0 Å². The Morgan fingerprint density at radius 3 is 2.27 bits per heavy atom. The van der Waals surface area contributed by atoms with Crippen molar-refractivity contribution >= 4 is 57.2 Å². The molecule has 3 aromatic carbocycles. The molecule has 0 aliphatic rings. The number of carbonyl (C=O) groups excluding carboxylic acids is 1. The highest BCUT2D eigenvalue weighted by Gasteiger charge is 2.36. The molecule has 0 saturated heterocycles. The number of hydrogen-bond donors (Lipinski definition) is 2. The fourth-order valence-electron chi connectivity index (χ4n) is 3.71. The zero-order valence-electron chi connectivity index (χ0n) is 17.9. The Morgan fingerprint density at radius 1 is 0.939 bits per heavy atom. The molecule has 1 atom stereocenters. The highest BCUT2D eigenvalue weighted by Crippen LogP contribution is 2.32. The molecule has 6 nitrogen and oxygen atoms in total. The van der Waals surface area contributed by atoms with E-state index >= 15 is 0 Å². The van der Waals surface area contributed by atoms with Crippen molar-refractivity contribution < 1.29 is 4.79 Å². The standard InChI is InChI=1S/C24H21Cl3N4O2/c1-15-20(22(33)31(30(15)2)17-11-4-3-5-12-17)28-23(24(25,26)27)29-21(32)19-14-8-10-16-9-6-7-13-18(16)19/h3-14,23,28H,1-2H3,(H,29,32)/t23-/m0/s1. The Hall–Kier alpha value is -2.93. The molecular weight excluding hydrogens is 483 g/mol. The van der Waals surface area contributed by atoms with Crippen LogP contribution in [0, 0.1) is 6.92 Å². The van der Waals surface area contributed by atoms with E-state index in [4.69, 9.17) is 34.8 Å². The predicted octanol–water partition coefficient (Wildman–Crippen LogP) is 5.18. The van der Waals surface area contributed by atoms with Crippen LogP contribution in [0.25, 0.3) is 16.5 Å². The lowest BCUT2D eigenvalue weighted by Crippen LogP contribution is -2.50. The minimum Gasteiger partial charge on any atom is -0.356 e. The van der Waals surface area contributed by atoms with Crippen LogP contribution in [0.1, 0.15) is 16.1 Å². The molecule has 0 unspecified atom stereocenters. The molecule has 0 aliphatic heterocycles. The van der Waals surface area contributed by atoms with E-state index in [-0.39, 0.29) is 11.2 Å². The second-order valence-corrected chi connectivity index (χ2v) is 9.92. The molecule has 33 heavy (non-hydrogen) atoms. The van der Waals surface area contributed by atoms with Crippen molar-refractivity contribution in [2.75, 3.05) is 5.32 Å². The number of alkyl halides is 3. The molecule has 0 aliphatic carbocycles. The van der Waals surface area contributed by atoms with Crippen molar-refractivity contribution in [3.8, 4) is 5.69 Å². The van der Waals surface area contributed by atoms with Gasteiger partial charge in [0.1, 0.15) is 11.9 Å². The summed E-state index contributed by atoms with van der Waals surface area (Å²) in [5, 5.41) is 7.36. The smallest absolute Gasteiger partial charge is 0.295 e. The summed E-state index contributed by atoms with van der Waals surface area (Å²) < 4.78 is 1.26. The van der Waals surface area contributed by atoms with Crippen molar-refractivity contribution in [2.45, 2.75) is 16.9 Å². The first-order chi connectivity index (χ1) is 15.7. The van der Waals surface area contributed by atoms with Gasteiger partial charge >= 0.3 is 0 Å². The SMILES string of the molecule is Cc1c(N[C@@H](NC(=O)c2cccc3ccccc23)C(Cl)(Cl)Cl)c(=O)n(-c2ccccc2)n1C. The van der Waals surface area contributed by atoms with Gasteiger partial charge in [-0.3, -0.25) is 14.3 Å². The first kappa shape index (κ1) is 23.2. The summed E-state index contributed by atoms with van der Waals surface area (Å²) >= 11 is 18.6. The highest BCUT2D eigenvalue weighted by molar-refractivity contribution is 6.68. The van der Waals surface area contributed by atoms with E-state index in [2.05, 4.69) is 10.6 Å². The predicted molar refractivity (Wildman–Crippen MR) is 135 cm³/mol. The van der Waals surface area contributed by atoms with Gasteiger partial charge in [-0.05, 0) is 35.9 Å². The van der Waals surface area contributed by atoms with Gasteiger partial charge in [-0.25, -0.2) is 4.68 Å². The maximum atomic E-state index is 13.2. The van der Waals surface area contributed by atoms with E-state index in [1.165, 1.54) is 4.68 Å². The molecule has 4 aromatic rings. The molecule has 2 N–H and O–H groups in total. The van der Waals surface area contributed by atoms with Crippen molar-refractivity contribution in [1.82, 2.24) is 14.7 Å². The van der Waals surface area contributed by atoms with E-state index in [0.29, 0.717) is 16.9 Å². The van der Waals surface area contributed by atoms with Gasteiger partial charge in [-0.1, -0.05) is 89.4 Å².